The minimum Gasteiger partial charge on any atom is -0.308 e. The molecule has 0 amide bonds. The number of hydrogen-bond donors (Lipinski definition) is 1. The lowest BCUT2D eigenvalue weighted by atomic mass is 9.83. The molecule has 1 aliphatic carbocycles. The molecule has 0 aromatic heterocycles. The van der Waals surface area contributed by atoms with Crippen LogP contribution in [0.2, 0.25) is 0 Å². The van der Waals surface area contributed by atoms with Crippen molar-refractivity contribution >= 4 is 22.6 Å². The molecule has 0 spiro atoms. The summed E-state index contributed by atoms with van der Waals surface area (Å²) in [7, 11) is 0. The van der Waals surface area contributed by atoms with Gasteiger partial charge in [-0.15, -0.1) is 0 Å². The van der Waals surface area contributed by atoms with E-state index < -0.39 is 0 Å². The molecule has 1 N–H and O–H groups in total. The second-order valence-electron chi connectivity index (χ2n) is 8.44. The van der Waals surface area contributed by atoms with E-state index in [-0.39, 0.29) is 0 Å². The standard InChI is InChI=1S/C28H29N/c1-16-11-12-23(20(5)18(16)3)28-24-10-8-7-9-22(24)14-26(27(28)15-29)25-13-17(2)19(4)21(25)6/h7-12,14-15,29H,13H2,1-6H3. The number of aryl methyl sites for hydroxylation is 1. The van der Waals surface area contributed by atoms with Crippen LogP contribution in [-0.2, 0) is 0 Å². The zero-order valence-electron chi connectivity index (χ0n) is 18.3. The highest BCUT2D eigenvalue weighted by atomic mass is 14.4. The Balaban J connectivity index is 2.13. The highest BCUT2D eigenvalue weighted by molar-refractivity contribution is 6.09. The maximum Gasteiger partial charge on any atom is 0.0262 e. The molecule has 1 nitrogen and oxygen atoms in total. The number of fused-ring (bicyclic) bond motifs is 1. The zero-order valence-corrected chi connectivity index (χ0v) is 18.3. The first-order chi connectivity index (χ1) is 13.8. The van der Waals surface area contributed by atoms with Crippen molar-refractivity contribution in [2.45, 2.75) is 48.0 Å². The van der Waals surface area contributed by atoms with E-state index in [2.05, 4.69) is 84.0 Å². The van der Waals surface area contributed by atoms with Crippen LogP contribution in [0.25, 0.3) is 27.5 Å². The van der Waals surface area contributed by atoms with Gasteiger partial charge in [0.05, 0.1) is 0 Å². The topological polar surface area (TPSA) is 23.9 Å². The van der Waals surface area contributed by atoms with Gasteiger partial charge < -0.3 is 5.41 Å². The number of hydrogen-bond acceptors (Lipinski definition) is 1. The predicted octanol–water partition coefficient (Wildman–Crippen LogP) is 7.94. The fourth-order valence-corrected chi connectivity index (χ4v) is 4.65. The SMILES string of the molecule is CC1=C(C)C(C)=C(c2cc3ccccc3c(-c3ccc(C)c(C)c3C)c2C=N)C1. The molecule has 29 heavy (non-hydrogen) atoms. The summed E-state index contributed by atoms with van der Waals surface area (Å²) in [6.07, 6.45) is 2.54. The van der Waals surface area contributed by atoms with Crippen LogP contribution in [0.4, 0.5) is 0 Å². The van der Waals surface area contributed by atoms with Gasteiger partial charge in [0.15, 0.2) is 0 Å². The third-order valence-corrected chi connectivity index (χ3v) is 6.98. The number of allylic oxidation sites excluding steroid dienone is 4. The maximum absolute atomic E-state index is 8.39. The second kappa shape index (κ2) is 7.15. The van der Waals surface area contributed by atoms with E-state index in [4.69, 9.17) is 5.41 Å². The van der Waals surface area contributed by atoms with Crippen molar-refractivity contribution < 1.29 is 0 Å². The summed E-state index contributed by atoms with van der Waals surface area (Å²) in [6, 6.07) is 15.3. The Labute approximate surface area is 174 Å². The lowest BCUT2D eigenvalue weighted by Gasteiger charge is -2.20. The highest BCUT2D eigenvalue weighted by Gasteiger charge is 2.23. The third kappa shape index (κ3) is 2.97. The third-order valence-electron chi connectivity index (χ3n) is 6.98. The molecule has 3 aromatic rings. The van der Waals surface area contributed by atoms with Gasteiger partial charge in [0.25, 0.3) is 0 Å². The molecular weight excluding hydrogens is 350 g/mol. The Morgan fingerprint density at radius 2 is 1.52 bits per heavy atom. The van der Waals surface area contributed by atoms with Gasteiger partial charge in [0, 0.05) is 11.8 Å². The minimum absolute atomic E-state index is 0.974. The van der Waals surface area contributed by atoms with Crippen LogP contribution in [0.15, 0.2) is 59.2 Å². The molecule has 1 heteroatoms. The fraction of sp³-hybridized carbons (Fsp3) is 0.250. The van der Waals surface area contributed by atoms with Gasteiger partial charge in [-0.3, -0.25) is 0 Å². The van der Waals surface area contributed by atoms with Crippen molar-refractivity contribution in [2.24, 2.45) is 0 Å². The van der Waals surface area contributed by atoms with Crippen molar-refractivity contribution in [1.82, 2.24) is 0 Å². The van der Waals surface area contributed by atoms with E-state index in [1.54, 1.807) is 6.21 Å². The van der Waals surface area contributed by atoms with Crippen molar-refractivity contribution in [3.63, 3.8) is 0 Å². The van der Waals surface area contributed by atoms with Gasteiger partial charge in [0.2, 0.25) is 0 Å². The largest absolute Gasteiger partial charge is 0.308 e. The Hall–Kier alpha value is -2.93. The van der Waals surface area contributed by atoms with Crippen molar-refractivity contribution in [3.8, 4) is 11.1 Å². The molecule has 4 rings (SSSR count). The minimum atomic E-state index is 0.974. The van der Waals surface area contributed by atoms with Gasteiger partial charge in [-0.25, -0.2) is 0 Å². The average Bonchev–Trinajstić information content (AvgIpc) is 2.98. The van der Waals surface area contributed by atoms with Gasteiger partial charge >= 0.3 is 0 Å². The second-order valence-corrected chi connectivity index (χ2v) is 8.44. The van der Waals surface area contributed by atoms with E-state index in [0.717, 1.165) is 12.0 Å². The van der Waals surface area contributed by atoms with Crippen LogP contribution in [0.3, 0.4) is 0 Å². The summed E-state index contributed by atoms with van der Waals surface area (Å²) in [5.74, 6) is 0. The highest BCUT2D eigenvalue weighted by Crippen LogP contribution is 2.44. The van der Waals surface area contributed by atoms with Crippen molar-refractivity contribution in [1.29, 1.82) is 5.41 Å². The van der Waals surface area contributed by atoms with E-state index in [0.29, 0.717) is 0 Å². The van der Waals surface area contributed by atoms with Crippen molar-refractivity contribution in [3.05, 3.63) is 87.0 Å². The lowest BCUT2D eigenvalue weighted by molar-refractivity contribution is 1.22. The smallest absolute Gasteiger partial charge is 0.0262 e. The van der Waals surface area contributed by atoms with E-state index in [1.807, 2.05) is 0 Å². The molecule has 0 saturated heterocycles. The Morgan fingerprint density at radius 1 is 0.793 bits per heavy atom. The summed E-state index contributed by atoms with van der Waals surface area (Å²) < 4.78 is 0. The molecular formula is C28H29N. The lowest BCUT2D eigenvalue weighted by Crippen LogP contribution is -2.01. The number of benzene rings is 3. The van der Waals surface area contributed by atoms with E-state index >= 15 is 0 Å². The summed E-state index contributed by atoms with van der Waals surface area (Å²) in [6.45, 7) is 13.3. The van der Waals surface area contributed by atoms with Crippen LogP contribution < -0.4 is 0 Å². The van der Waals surface area contributed by atoms with Gasteiger partial charge in [-0.2, -0.15) is 0 Å². The maximum atomic E-state index is 8.39. The first-order valence-corrected chi connectivity index (χ1v) is 10.3. The average molecular weight is 380 g/mol. The van der Waals surface area contributed by atoms with Crippen LogP contribution >= 0.6 is 0 Å². The summed E-state index contributed by atoms with van der Waals surface area (Å²) in [5, 5.41) is 10.8. The molecule has 0 atom stereocenters. The van der Waals surface area contributed by atoms with Crippen LogP contribution in [-0.4, -0.2) is 6.21 Å². The number of nitrogens with one attached hydrogen (secondary N) is 1. The Kier molecular flexibility index (Phi) is 4.78. The monoisotopic (exact) mass is 379 g/mol. The molecule has 0 saturated carbocycles. The molecule has 146 valence electrons. The Morgan fingerprint density at radius 3 is 2.17 bits per heavy atom. The van der Waals surface area contributed by atoms with E-state index in [9.17, 15) is 0 Å². The molecule has 0 radical (unpaired) electrons. The summed E-state index contributed by atoms with van der Waals surface area (Å²) >= 11 is 0. The van der Waals surface area contributed by atoms with Crippen LogP contribution in [0, 0.1) is 26.2 Å². The van der Waals surface area contributed by atoms with Crippen LogP contribution in [0.1, 0.15) is 55.0 Å². The molecule has 1 aliphatic rings. The first kappa shape index (κ1) is 19.4. The van der Waals surface area contributed by atoms with Gasteiger partial charge in [-0.05, 0) is 115 Å². The zero-order chi connectivity index (χ0) is 20.9. The first-order valence-electron chi connectivity index (χ1n) is 10.3. The van der Waals surface area contributed by atoms with Crippen LogP contribution in [0.5, 0.6) is 0 Å². The molecule has 0 fully saturated rings. The van der Waals surface area contributed by atoms with Crippen molar-refractivity contribution in [2.75, 3.05) is 0 Å². The number of rotatable bonds is 3. The molecule has 0 heterocycles. The van der Waals surface area contributed by atoms with Gasteiger partial charge in [-0.1, -0.05) is 42.0 Å². The quantitative estimate of drug-likeness (QED) is 0.447. The predicted molar refractivity (Wildman–Crippen MR) is 127 cm³/mol. The Bertz CT molecular complexity index is 1230. The molecule has 0 bridgehead atoms. The summed E-state index contributed by atoms with van der Waals surface area (Å²) in [4.78, 5) is 0. The molecule has 0 aliphatic heterocycles. The van der Waals surface area contributed by atoms with E-state index in [1.165, 1.54) is 66.4 Å². The van der Waals surface area contributed by atoms with Gasteiger partial charge in [0.1, 0.15) is 0 Å². The normalized spacial score (nSPS) is 14.3. The molecule has 3 aromatic carbocycles. The summed E-state index contributed by atoms with van der Waals surface area (Å²) in [5.41, 5.74) is 14.2. The molecule has 0 unspecified atom stereocenters. The fourth-order valence-electron chi connectivity index (χ4n) is 4.65.